The molecule has 0 aliphatic rings. The minimum atomic E-state index is 0. The molecule has 0 amide bonds. The van der Waals surface area contributed by atoms with Gasteiger partial charge in [-0.3, -0.25) is 4.79 Å². The summed E-state index contributed by atoms with van der Waals surface area (Å²) in [5, 5.41) is 0. The summed E-state index contributed by atoms with van der Waals surface area (Å²) in [5.74, 6) is 0.0319. The Morgan fingerprint density at radius 1 is 0.824 bits per heavy atom. The topological polar surface area (TPSA) is 17.1 Å². The van der Waals surface area contributed by atoms with Crippen molar-refractivity contribution in [3.63, 3.8) is 0 Å². The molecule has 0 spiro atoms. The SMILES string of the molecule is O=C(C=Cc1ccccc1)c1ccccc1.[Ag]. The van der Waals surface area contributed by atoms with E-state index in [1.807, 2.05) is 66.7 Å². The molecule has 1 radical (unpaired) electrons. The van der Waals surface area contributed by atoms with Crippen LogP contribution in [-0.4, -0.2) is 5.78 Å². The zero-order valence-electron chi connectivity index (χ0n) is 9.14. The molecule has 0 atom stereocenters. The van der Waals surface area contributed by atoms with E-state index >= 15 is 0 Å². The first-order chi connectivity index (χ1) is 7.86. The first-order valence-corrected chi connectivity index (χ1v) is 5.19. The smallest absolute Gasteiger partial charge is 0.185 e. The fourth-order valence-electron chi connectivity index (χ4n) is 1.43. The van der Waals surface area contributed by atoms with E-state index < -0.39 is 0 Å². The summed E-state index contributed by atoms with van der Waals surface area (Å²) in [5.41, 5.74) is 1.75. The molecule has 0 unspecified atom stereocenters. The quantitative estimate of drug-likeness (QED) is 0.480. The number of carbonyl (C=O) groups excluding carboxylic acids is 1. The third kappa shape index (κ3) is 4.16. The fourth-order valence-corrected chi connectivity index (χ4v) is 1.43. The van der Waals surface area contributed by atoms with Crippen molar-refractivity contribution in [2.75, 3.05) is 0 Å². The Balaban J connectivity index is 0.00000144. The maximum atomic E-state index is 11.7. The Kier molecular flexibility index (Phi) is 5.64. The molecule has 0 saturated heterocycles. The number of ketones is 1. The molecule has 0 fully saturated rings. The standard InChI is InChI=1S/C15H12O.Ag/c16-15(14-9-5-2-6-10-14)12-11-13-7-3-1-4-8-13;/h1-12H;. The van der Waals surface area contributed by atoms with Crippen molar-refractivity contribution in [1.29, 1.82) is 0 Å². The molecule has 2 aromatic rings. The van der Waals surface area contributed by atoms with Gasteiger partial charge in [0.05, 0.1) is 0 Å². The van der Waals surface area contributed by atoms with Crippen molar-refractivity contribution in [3.8, 4) is 0 Å². The van der Waals surface area contributed by atoms with Gasteiger partial charge in [0.25, 0.3) is 0 Å². The molecule has 0 aliphatic carbocycles. The molecular formula is C15H12AgO. The van der Waals surface area contributed by atoms with Gasteiger partial charge in [0.1, 0.15) is 0 Å². The van der Waals surface area contributed by atoms with Crippen molar-refractivity contribution in [2.45, 2.75) is 0 Å². The van der Waals surface area contributed by atoms with E-state index in [4.69, 9.17) is 0 Å². The first kappa shape index (κ1) is 13.7. The van der Waals surface area contributed by atoms with Crippen LogP contribution in [0.5, 0.6) is 0 Å². The van der Waals surface area contributed by atoms with Gasteiger partial charge >= 0.3 is 0 Å². The average molecular weight is 316 g/mol. The number of hydrogen-bond donors (Lipinski definition) is 0. The van der Waals surface area contributed by atoms with Crippen molar-refractivity contribution < 1.29 is 27.2 Å². The Hall–Kier alpha value is -1.41. The van der Waals surface area contributed by atoms with Crippen LogP contribution in [0.15, 0.2) is 66.7 Å². The number of benzene rings is 2. The van der Waals surface area contributed by atoms with Crippen LogP contribution in [0.2, 0.25) is 0 Å². The van der Waals surface area contributed by atoms with Crippen LogP contribution < -0.4 is 0 Å². The van der Waals surface area contributed by atoms with Gasteiger partial charge in [0, 0.05) is 27.9 Å². The minimum Gasteiger partial charge on any atom is -0.289 e. The Bertz CT molecular complexity index is 489. The van der Waals surface area contributed by atoms with Crippen LogP contribution in [0, 0.1) is 0 Å². The molecular weight excluding hydrogens is 304 g/mol. The van der Waals surface area contributed by atoms with E-state index in [1.54, 1.807) is 6.08 Å². The Morgan fingerprint density at radius 2 is 1.35 bits per heavy atom. The zero-order valence-corrected chi connectivity index (χ0v) is 10.6. The van der Waals surface area contributed by atoms with Gasteiger partial charge in [-0.15, -0.1) is 0 Å². The minimum absolute atomic E-state index is 0. The second-order valence-corrected chi connectivity index (χ2v) is 3.47. The molecule has 1 nitrogen and oxygen atoms in total. The van der Waals surface area contributed by atoms with E-state index in [1.165, 1.54) is 0 Å². The Morgan fingerprint density at radius 3 is 1.94 bits per heavy atom. The molecule has 0 bridgehead atoms. The monoisotopic (exact) mass is 315 g/mol. The average Bonchev–Trinajstić information content (AvgIpc) is 2.38. The largest absolute Gasteiger partial charge is 0.289 e. The van der Waals surface area contributed by atoms with E-state index in [2.05, 4.69) is 0 Å². The summed E-state index contributed by atoms with van der Waals surface area (Å²) in [6.07, 6.45) is 3.43. The van der Waals surface area contributed by atoms with Crippen LogP contribution >= 0.6 is 0 Å². The van der Waals surface area contributed by atoms with Crippen molar-refractivity contribution in [1.82, 2.24) is 0 Å². The van der Waals surface area contributed by atoms with Crippen LogP contribution in [-0.2, 0) is 22.4 Å². The van der Waals surface area contributed by atoms with Crippen molar-refractivity contribution in [2.24, 2.45) is 0 Å². The Labute approximate surface area is 117 Å². The van der Waals surface area contributed by atoms with Crippen LogP contribution in [0.4, 0.5) is 0 Å². The first-order valence-electron chi connectivity index (χ1n) is 5.19. The second kappa shape index (κ2) is 7.02. The maximum absolute atomic E-state index is 11.7. The number of hydrogen-bond acceptors (Lipinski definition) is 1. The van der Waals surface area contributed by atoms with Gasteiger partial charge in [0.15, 0.2) is 5.78 Å². The molecule has 0 aromatic heterocycles. The predicted octanol–water partition coefficient (Wildman–Crippen LogP) is 3.58. The van der Waals surface area contributed by atoms with Gasteiger partial charge in [-0.05, 0) is 11.6 Å². The predicted molar refractivity (Wildman–Crippen MR) is 66.2 cm³/mol. The zero-order chi connectivity index (χ0) is 11.2. The third-order valence-electron chi connectivity index (χ3n) is 2.29. The van der Waals surface area contributed by atoms with Gasteiger partial charge in [-0.25, -0.2) is 0 Å². The van der Waals surface area contributed by atoms with Gasteiger partial charge < -0.3 is 0 Å². The molecule has 0 aliphatic heterocycles. The molecule has 2 aromatic carbocycles. The number of carbonyl (C=O) groups is 1. The maximum Gasteiger partial charge on any atom is 0.185 e. The summed E-state index contributed by atoms with van der Waals surface area (Å²) in [4.78, 5) is 11.7. The normalized spacial score (nSPS) is 9.88. The van der Waals surface area contributed by atoms with E-state index in [0.717, 1.165) is 11.1 Å². The molecule has 17 heavy (non-hydrogen) atoms. The molecule has 0 heterocycles. The van der Waals surface area contributed by atoms with Crippen molar-refractivity contribution >= 4 is 11.9 Å². The van der Waals surface area contributed by atoms with E-state index in [-0.39, 0.29) is 28.2 Å². The van der Waals surface area contributed by atoms with Gasteiger partial charge in [-0.1, -0.05) is 66.7 Å². The summed E-state index contributed by atoms with van der Waals surface area (Å²) < 4.78 is 0. The van der Waals surface area contributed by atoms with Crippen LogP contribution in [0.1, 0.15) is 15.9 Å². The summed E-state index contributed by atoms with van der Waals surface area (Å²) >= 11 is 0. The van der Waals surface area contributed by atoms with Gasteiger partial charge in [0.2, 0.25) is 0 Å². The molecule has 0 saturated carbocycles. The molecule has 89 valence electrons. The van der Waals surface area contributed by atoms with E-state index in [9.17, 15) is 4.79 Å². The number of rotatable bonds is 3. The molecule has 2 heteroatoms. The van der Waals surface area contributed by atoms with E-state index in [0.29, 0.717) is 0 Å². The second-order valence-electron chi connectivity index (χ2n) is 3.47. The van der Waals surface area contributed by atoms with Crippen molar-refractivity contribution in [3.05, 3.63) is 77.9 Å². The van der Waals surface area contributed by atoms with Gasteiger partial charge in [-0.2, -0.15) is 0 Å². The fraction of sp³-hybridized carbons (Fsp3) is 0. The molecule has 2 rings (SSSR count). The van der Waals surface area contributed by atoms with Crippen LogP contribution in [0.25, 0.3) is 6.08 Å². The summed E-state index contributed by atoms with van der Waals surface area (Å²) in [7, 11) is 0. The van der Waals surface area contributed by atoms with Crippen LogP contribution in [0.3, 0.4) is 0 Å². The molecule has 0 N–H and O–H groups in total. The summed E-state index contributed by atoms with van der Waals surface area (Å²) in [6, 6.07) is 19.1. The summed E-state index contributed by atoms with van der Waals surface area (Å²) in [6.45, 7) is 0. The third-order valence-corrected chi connectivity index (χ3v) is 2.29. The number of allylic oxidation sites excluding steroid dienone is 1.